The highest BCUT2D eigenvalue weighted by atomic mass is 16.2. The van der Waals surface area contributed by atoms with Crippen LogP contribution in [0.5, 0.6) is 0 Å². The predicted octanol–water partition coefficient (Wildman–Crippen LogP) is 3.55. The fraction of sp³-hybridized carbons (Fsp3) is 0.292. The van der Waals surface area contributed by atoms with Crippen molar-refractivity contribution in [2.24, 2.45) is 0 Å². The molecular formula is C24H24N4O3. The van der Waals surface area contributed by atoms with Crippen molar-refractivity contribution in [1.82, 2.24) is 20.7 Å². The summed E-state index contributed by atoms with van der Waals surface area (Å²) in [6.07, 6.45) is 5.52. The summed E-state index contributed by atoms with van der Waals surface area (Å²) < 4.78 is 0. The minimum atomic E-state index is -1.23. The van der Waals surface area contributed by atoms with Crippen LogP contribution in [-0.2, 0) is 23.2 Å². The van der Waals surface area contributed by atoms with Crippen molar-refractivity contribution in [2.75, 3.05) is 0 Å². The fourth-order valence-corrected chi connectivity index (χ4v) is 4.60. The van der Waals surface area contributed by atoms with Gasteiger partial charge < -0.3 is 10.3 Å². The lowest BCUT2D eigenvalue weighted by molar-refractivity contribution is -0.132. The average Bonchev–Trinajstić information content (AvgIpc) is 3.10. The number of hydrogen-bond acceptors (Lipinski definition) is 3. The molecule has 3 N–H and O–H groups in total. The standard InChI is InChI=1S/C24H24N4O3/c1-24(16-8-4-2-5-9-16)22(30)28(23(31)26-24)27-21(29)15-12-13-20-18(14-15)17-10-6-3-7-11-19(17)25-20/h2,4-5,8-9,12-14,25H,3,6-7,10-11H2,1H3,(H,26,31)(H,27,29). The number of carbonyl (C=O) groups excluding carboxylic acids is 3. The van der Waals surface area contributed by atoms with E-state index in [9.17, 15) is 14.4 Å². The Morgan fingerprint density at radius 2 is 1.81 bits per heavy atom. The zero-order chi connectivity index (χ0) is 21.6. The zero-order valence-electron chi connectivity index (χ0n) is 17.3. The van der Waals surface area contributed by atoms with Gasteiger partial charge in [-0.25, -0.2) is 4.79 Å². The van der Waals surface area contributed by atoms with E-state index in [-0.39, 0.29) is 0 Å². The van der Waals surface area contributed by atoms with Crippen molar-refractivity contribution in [1.29, 1.82) is 0 Å². The van der Waals surface area contributed by atoms with Crippen molar-refractivity contribution in [3.05, 3.63) is 70.9 Å². The summed E-state index contributed by atoms with van der Waals surface area (Å²) in [5.74, 6) is -1.01. The summed E-state index contributed by atoms with van der Waals surface area (Å²) >= 11 is 0. The Morgan fingerprint density at radius 3 is 2.61 bits per heavy atom. The number of H-pyrrole nitrogens is 1. The maximum atomic E-state index is 13.0. The van der Waals surface area contributed by atoms with E-state index in [0.717, 1.165) is 35.2 Å². The van der Waals surface area contributed by atoms with Crippen molar-refractivity contribution in [3.8, 4) is 0 Å². The summed E-state index contributed by atoms with van der Waals surface area (Å²) in [7, 11) is 0. The smallest absolute Gasteiger partial charge is 0.344 e. The summed E-state index contributed by atoms with van der Waals surface area (Å²) in [6.45, 7) is 1.63. The second-order valence-electron chi connectivity index (χ2n) is 8.41. The highest BCUT2D eigenvalue weighted by molar-refractivity contribution is 6.09. The molecule has 1 aromatic heterocycles. The lowest BCUT2D eigenvalue weighted by atomic mass is 9.92. The van der Waals surface area contributed by atoms with Crippen LogP contribution in [0.25, 0.3) is 10.9 Å². The Morgan fingerprint density at radius 1 is 1.03 bits per heavy atom. The number of fused-ring (bicyclic) bond motifs is 3. The maximum absolute atomic E-state index is 13.0. The van der Waals surface area contributed by atoms with Crippen LogP contribution in [0.2, 0.25) is 0 Å². The summed E-state index contributed by atoms with van der Waals surface area (Å²) in [6, 6.07) is 13.8. The molecule has 1 fully saturated rings. The van der Waals surface area contributed by atoms with Gasteiger partial charge >= 0.3 is 6.03 Å². The van der Waals surface area contributed by atoms with Gasteiger partial charge in [-0.2, -0.15) is 5.01 Å². The van der Waals surface area contributed by atoms with Gasteiger partial charge in [0.1, 0.15) is 5.54 Å². The van der Waals surface area contributed by atoms with Gasteiger partial charge in [-0.15, -0.1) is 0 Å². The number of carbonyl (C=O) groups is 3. The molecule has 0 radical (unpaired) electrons. The molecular weight excluding hydrogens is 392 g/mol. The first-order valence-electron chi connectivity index (χ1n) is 10.6. The first-order chi connectivity index (χ1) is 15.0. The number of aromatic nitrogens is 1. The van der Waals surface area contributed by atoms with Gasteiger partial charge in [0.2, 0.25) is 0 Å². The molecule has 1 aliphatic carbocycles. The summed E-state index contributed by atoms with van der Waals surface area (Å²) in [5, 5.41) is 4.51. The number of aryl methyl sites for hydroxylation is 2. The molecule has 7 heteroatoms. The molecule has 0 spiro atoms. The normalized spacial score (nSPS) is 21.0. The topological polar surface area (TPSA) is 94.3 Å². The Hall–Kier alpha value is -3.61. The third kappa shape index (κ3) is 3.17. The molecule has 0 bridgehead atoms. The van der Waals surface area contributed by atoms with Gasteiger partial charge in [-0.05, 0) is 61.9 Å². The number of hydrogen-bond donors (Lipinski definition) is 3. The van der Waals surface area contributed by atoms with Crippen LogP contribution < -0.4 is 10.7 Å². The average molecular weight is 416 g/mol. The van der Waals surface area contributed by atoms with E-state index < -0.39 is 23.4 Å². The van der Waals surface area contributed by atoms with E-state index in [0.29, 0.717) is 11.1 Å². The Labute approximate surface area is 179 Å². The van der Waals surface area contributed by atoms with Crippen LogP contribution >= 0.6 is 0 Å². The van der Waals surface area contributed by atoms with E-state index in [1.807, 2.05) is 18.2 Å². The van der Waals surface area contributed by atoms with Crippen LogP contribution in [-0.4, -0.2) is 27.8 Å². The van der Waals surface area contributed by atoms with Gasteiger partial charge in [0, 0.05) is 22.2 Å². The SMILES string of the molecule is CC1(c2ccccc2)NC(=O)N(NC(=O)c2ccc3[nH]c4c(c3c2)CCCCC4)C1=O. The number of hydrazine groups is 1. The molecule has 5 rings (SSSR count). The van der Waals surface area contributed by atoms with Crippen molar-refractivity contribution in [2.45, 2.75) is 44.6 Å². The van der Waals surface area contributed by atoms with E-state index in [4.69, 9.17) is 0 Å². The first kappa shape index (κ1) is 19.4. The van der Waals surface area contributed by atoms with E-state index >= 15 is 0 Å². The minimum absolute atomic E-state index is 0.410. The number of aromatic amines is 1. The monoisotopic (exact) mass is 416 g/mol. The minimum Gasteiger partial charge on any atom is -0.358 e. The summed E-state index contributed by atoms with van der Waals surface area (Å²) in [4.78, 5) is 42.0. The number of urea groups is 1. The molecule has 4 amide bonds. The number of amides is 4. The molecule has 1 saturated heterocycles. The molecule has 2 aliphatic rings. The van der Waals surface area contributed by atoms with E-state index in [1.54, 1.807) is 37.3 Å². The third-order valence-electron chi connectivity index (χ3n) is 6.37. The second kappa shape index (κ2) is 7.27. The highest BCUT2D eigenvalue weighted by Crippen LogP contribution is 2.30. The zero-order valence-corrected chi connectivity index (χ0v) is 17.3. The fourth-order valence-electron chi connectivity index (χ4n) is 4.60. The number of benzene rings is 2. The molecule has 3 aromatic rings. The number of nitrogens with one attached hydrogen (secondary N) is 3. The molecule has 0 saturated carbocycles. The van der Waals surface area contributed by atoms with Crippen LogP contribution in [0, 0.1) is 0 Å². The van der Waals surface area contributed by atoms with Gasteiger partial charge in [0.05, 0.1) is 0 Å². The molecule has 158 valence electrons. The van der Waals surface area contributed by atoms with E-state index in [1.165, 1.54) is 24.1 Å². The Bertz CT molecular complexity index is 1200. The lowest BCUT2D eigenvalue weighted by Crippen LogP contribution is -2.47. The van der Waals surface area contributed by atoms with Crippen LogP contribution in [0.15, 0.2) is 48.5 Å². The Kier molecular flexibility index (Phi) is 4.54. The molecule has 1 aliphatic heterocycles. The molecule has 2 aromatic carbocycles. The predicted molar refractivity (Wildman–Crippen MR) is 116 cm³/mol. The molecule has 2 heterocycles. The second-order valence-corrected chi connectivity index (χ2v) is 8.41. The van der Waals surface area contributed by atoms with Gasteiger partial charge in [0.25, 0.3) is 11.8 Å². The van der Waals surface area contributed by atoms with Gasteiger partial charge in [-0.1, -0.05) is 36.8 Å². The highest BCUT2D eigenvalue weighted by Gasteiger charge is 2.50. The number of rotatable bonds is 3. The van der Waals surface area contributed by atoms with Crippen LogP contribution in [0.3, 0.4) is 0 Å². The Balaban J connectivity index is 1.41. The quantitative estimate of drug-likeness (QED) is 0.450. The van der Waals surface area contributed by atoms with Crippen LogP contribution in [0.4, 0.5) is 4.79 Å². The van der Waals surface area contributed by atoms with Gasteiger partial charge in [0.15, 0.2) is 0 Å². The largest absolute Gasteiger partial charge is 0.358 e. The van der Waals surface area contributed by atoms with E-state index in [2.05, 4.69) is 15.7 Å². The maximum Gasteiger partial charge on any atom is 0.344 e. The third-order valence-corrected chi connectivity index (χ3v) is 6.37. The van der Waals surface area contributed by atoms with Crippen molar-refractivity contribution < 1.29 is 14.4 Å². The molecule has 7 nitrogen and oxygen atoms in total. The molecule has 1 unspecified atom stereocenters. The van der Waals surface area contributed by atoms with Crippen LogP contribution in [0.1, 0.15) is 53.4 Å². The number of imide groups is 1. The first-order valence-corrected chi connectivity index (χ1v) is 10.6. The molecule has 1 atom stereocenters. The number of nitrogens with zero attached hydrogens (tertiary/aromatic N) is 1. The lowest BCUT2D eigenvalue weighted by Gasteiger charge is -2.22. The van der Waals surface area contributed by atoms with Gasteiger partial charge in [-0.3, -0.25) is 15.0 Å². The van der Waals surface area contributed by atoms with Crippen molar-refractivity contribution in [3.63, 3.8) is 0 Å². The molecule has 31 heavy (non-hydrogen) atoms. The summed E-state index contributed by atoms with van der Waals surface area (Å²) in [5.41, 5.74) is 5.86. The van der Waals surface area contributed by atoms with Crippen molar-refractivity contribution >= 4 is 28.7 Å².